The molecule has 3 heterocycles. The highest BCUT2D eigenvalue weighted by molar-refractivity contribution is 7.89. The van der Waals surface area contributed by atoms with Gasteiger partial charge in [0.05, 0.1) is 29.0 Å². The molecule has 1 aliphatic rings. The highest BCUT2D eigenvalue weighted by Gasteiger charge is 2.29. The van der Waals surface area contributed by atoms with E-state index in [1.165, 1.54) is 16.4 Å². The van der Waals surface area contributed by atoms with E-state index in [1.54, 1.807) is 6.07 Å². The van der Waals surface area contributed by atoms with Crippen molar-refractivity contribution in [1.82, 2.24) is 29.3 Å². The molecular formula is C15H20ClN7O4S. The number of hydrogen-bond acceptors (Lipinski definition) is 8. The van der Waals surface area contributed by atoms with Crippen molar-refractivity contribution in [2.75, 3.05) is 26.2 Å². The van der Waals surface area contributed by atoms with Crippen LogP contribution in [0, 0.1) is 0 Å². The molecule has 11 nitrogen and oxygen atoms in total. The number of nitrogens with two attached hydrogens (primary N) is 1. The maximum atomic E-state index is 12.9. The molecule has 1 aliphatic heterocycles. The van der Waals surface area contributed by atoms with Crippen LogP contribution in [0.3, 0.4) is 0 Å². The number of halogens is 1. The largest absolute Gasteiger partial charge is 0.338 e. The van der Waals surface area contributed by atoms with Gasteiger partial charge in [0.25, 0.3) is 0 Å². The SMILES string of the molecule is Cl.NCc1nc(CN2CCN(S(=O)(=O)c3ccc4[nH]c(=O)[nH]c4c3)CC2)no1. The highest BCUT2D eigenvalue weighted by atomic mass is 35.5. The summed E-state index contributed by atoms with van der Waals surface area (Å²) in [6.07, 6.45) is 0. The second kappa shape index (κ2) is 8.01. The van der Waals surface area contributed by atoms with Crippen molar-refractivity contribution in [3.63, 3.8) is 0 Å². The van der Waals surface area contributed by atoms with Crippen LogP contribution in [0.25, 0.3) is 11.0 Å². The Morgan fingerprint density at radius 1 is 1.14 bits per heavy atom. The van der Waals surface area contributed by atoms with E-state index in [4.69, 9.17) is 10.3 Å². The number of aromatic nitrogens is 4. The Morgan fingerprint density at radius 3 is 2.54 bits per heavy atom. The van der Waals surface area contributed by atoms with Crippen molar-refractivity contribution < 1.29 is 12.9 Å². The molecule has 1 aromatic carbocycles. The molecule has 0 radical (unpaired) electrons. The zero-order valence-electron chi connectivity index (χ0n) is 14.8. The molecule has 0 bridgehead atoms. The van der Waals surface area contributed by atoms with Crippen molar-refractivity contribution in [1.29, 1.82) is 0 Å². The van der Waals surface area contributed by atoms with Crippen LogP contribution in [-0.4, -0.2) is 63.9 Å². The van der Waals surface area contributed by atoms with Crippen LogP contribution < -0.4 is 11.4 Å². The van der Waals surface area contributed by atoms with E-state index >= 15 is 0 Å². The molecule has 2 aromatic heterocycles. The molecule has 3 aromatic rings. The fraction of sp³-hybridized carbons (Fsp3) is 0.400. The predicted molar refractivity (Wildman–Crippen MR) is 102 cm³/mol. The number of benzene rings is 1. The summed E-state index contributed by atoms with van der Waals surface area (Å²) in [5, 5.41) is 3.86. The van der Waals surface area contributed by atoms with Gasteiger partial charge in [-0.15, -0.1) is 12.4 Å². The smallest absolute Gasteiger partial charge is 0.323 e. The number of hydrogen-bond donors (Lipinski definition) is 3. The summed E-state index contributed by atoms with van der Waals surface area (Å²) in [5.74, 6) is 0.915. The molecule has 4 rings (SSSR count). The minimum Gasteiger partial charge on any atom is -0.338 e. The second-order valence-electron chi connectivity index (χ2n) is 6.28. The van der Waals surface area contributed by atoms with Crippen molar-refractivity contribution in [3.05, 3.63) is 40.4 Å². The number of aromatic amines is 2. The standard InChI is InChI=1S/C15H19N7O4S.ClH/c16-8-14-19-13(20-26-14)9-21-3-5-22(6-4-21)27(24,25)10-1-2-11-12(7-10)18-15(23)17-11;/h1-2,7H,3-6,8-9,16H2,(H2,17,18,23);1H. The number of nitrogens with zero attached hydrogens (tertiary/aromatic N) is 4. The third-order valence-electron chi connectivity index (χ3n) is 4.51. The molecule has 1 fully saturated rings. The Hall–Kier alpha value is -2.25. The van der Waals surface area contributed by atoms with E-state index in [2.05, 4.69) is 25.0 Å². The third-order valence-corrected chi connectivity index (χ3v) is 6.40. The lowest BCUT2D eigenvalue weighted by atomic mass is 10.3. The Balaban J connectivity index is 0.00000225. The molecule has 0 aliphatic carbocycles. The van der Waals surface area contributed by atoms with Crippen molar-refractivity contribution >= 4 is 33.5 Å². The number of piperazine rings is 1. The summed E-state index contributed by atoms with van der Waals surface area (Å²) in [6, 6.07) is 4.56. The summed E-state index contributed by atoms with van der Waals surface area (Å²) >= 11 is 0. The van der Waals surface area contributed by atoms with Gasteiger partial charge < -0.3 is 20.2 Å². The average molecular weight is 430 g/mol. The fourth-order valence-corrected chi connectivity index (χ4v) is 4.54. The van der Waals surface area contributed by atoms with Crippen molar-refractivity contribution in [2.24, 2.45) is 5.73 Å². The van der Waals surface area contributed by atoms with Gasteiger partial charge in [-0.2, -0.15) is 9.29 Å². The first-order valence-corrected chi connectivity index (χ1v) is 9.86. The highest BCUT2D eigenvalue weighted by Crippen LogP contribution is 2.21. The van der Waals surface area contributed by atoms with Crippen molar-refractivity contribution in [2.45, 2.75) is 18.0 Å². The molecule has 0 saturated carbocycles. The first-order valence-electron chi connectivity index (χ1n) is 8.42. The topological polar surface area (TPSA) is 154 Å². The molecule has 0 unspecified atom stereocenters. The van der Waals surface area contributed by atoms with E-state index in [9.17, 15) is 13.2 Å². The summed E-state index contributed by atoms with van der Waals surface area (Å²) in [5.41, 5.74) is 6.12. The van der Waals surface area contributed by atoms with Gasteiger partial charge in [0, 0.05) is 26.2 Å². The number of rotatable bonds is 5. The minimum atomic E-state index is -3.64. The number of fused-ring (bicyclic) bond motifs is 1. The normalized spacial score (nSPS) is 16.3. The number of sulfonamides is 1. The molecule has 152 valence electrons. The number of imidazole rings is 1. The van der Waals surface area contributed by atoms with Gasteiger partial charge in [0.1, 0.15) is 0 Å². The van der Waals surface area contributed by atoms with Crippen LogP contribution in [-0.2, 0) is 23.1 Å². The van der Waals surface area contributed by atoms with Crippen LogP contribution in [0.15, 0.2) is 32.4 Å². The summed E-state index contributed by atoms with van der Waals surface area (Å²) in [6.45, 7) is 2.48. The molecule has 0 atom stereocenters. The van der Waals surface area contributed by atoms with Gasteiger partial charge in [-0.05, 0) is 18.2 Å². The molecule has 4 N–H and O–H groups in total. The average Bonchev–Trinajstić information content (AvgIpc) is 3.26. The minimum absolute atomic E-state index is 0. The number of H-pyrrole nitrogens is 2. The summed E-state index contributed by atoms with van der Waals surface area (Å²) in [7, 11) is -3.64. The quantitative estimate of drug-likeness (QED) is 0.496. The Morgan fingerprint density at radius 2 is 1.86 bits per heavy atom. The first kappa shape index (κ1) is 20.5. The Kier molecular flexibility index (Phi) is 5.86. The summed E-state index contributed by atoms with van der Waals surface area (Å²) in [4.78, 5) is 22.9. The molecule has 1 saturated heterocycles. The molecular weight excluding hydrogens is 410 g/mol. The van der Waals surface area contributed by atoms with Crippen LogP contribution in [0.5, 0.6) is 0 Å². The van der Waals surface area contributed by atoms with Gasteiger partial charge in [-0.25, -0.2) is 13.2 Å². The van der Waals surface area contributed by atoms with Gasteiger partial charge in [0.15, 0.2) is 5.82 Å². The van der Waals surface area contributed by atoms with Gasteiger partial charge >= 0.3 is 5.69 Å². The van der Waals surface area contributed by atoms with Gasteiger partial charge in [-0.1, -0.05) is 5.16 Å². The summed E-state index contributed by atoms with van der Waals surface area (Å²) < 4.78 is 32.2. The maximum absolute atomic E-state index is 12.9. The van der Waals surface area contributed by atoms with E-state index < -0.39 is 10.0 Å². The fourth-order valence-electron chi connectivity index (χ4n) is 3.09. The monoisotopic (exact) mass is 429 g/mol. The van der Waals surface area contributed by atoms with Crippen molar-refractivity contribution in [3.8, 4) is 0 Å². The predicted octanol–water partition coefficient (Wildman–Crippen LogP) is -0.374. The van der Waals surface area contributed by atoms with Gasteiger partial charge in [0.2, 0.25) is 15.9 Å². The van der Waals surface area contributed by atoms with Gasteiger partial charge in [-0.3, -0.25) is 4.90 Å². The maximum Gasteiger partial charge on any atom is 0.323 e. The van der Waals surface area contributed by atoms with Crippen LogP contribution in [0.2, 0.25) is 0 Å². The van der Waals surface area contributed by atoms with E-state index in [1.807, 2.05) is 0 Å². The number of nitrogens with one attached hydrogen (secondary N) is 2. The first-order chi connectivity index (χ1) is 13.0. The van der Waals surface area contributed by atoms with E-state index in [-0.39, 0.29) is 29.5 Å². The Labute approximate surface area is 166 Å². The molecule has 0 amide bonds. The second-order valence-corrected chi connectivity index (χ2v) is 8.21. The molecule has 0 spiro atoms. The van der Waals surface area contributed by atoms with Crippen LogP contribution >= 0.6 is 12.4 Å². The lowest BCUT2D eigenvalue weighted by Gasteiger charge is -2.33. The van der Waals surface area contributed by atoms with Crippen LogP contribution in [0.1, 0.15) is 11.7 Å². The zero-order chi connectivity index (χ0) is 19.0. The zero-order valence-corrected chi connectivity index (χ0v) is 16.4. The molecule has 13 heteroatoms. The van der Waals surface area contributed by atoms with Crippen LogP contribution in [0.4, 0.5) is 0 Å². The lowest BCUT2D eigenvalue weighted by molar-refractivity contribution is 0.176. The van der Waals surface area contributed by atoms with E-state index in [0.717, 1.165) is 0 Å². The molecule has 28 heavy (non-hydrogen) atoms. The van der Waals surface area contributed by atoms with E-state index in [0.29, 0.717) is 55.5 Å². The lowest BCUT2D eigenvalue weighted by Crippen LogP contribution is -2.48. The Bertz CT molecular complexity index is 1110. The third kappa shape index (κ3) is 3.95.